The minimum atomic E-state index is 0.728. The van der Waals surface area contributed by atoms with E-state index in [-0.39, 0.29) is 0 Å². The number of likely N-dealkylation sites (tertiary alicyclic amines) is 1. The van der Waals surface area contributed by atoms with Gasteiger partial charge in [0.05, 0.1) is 0 Å². The highest BCUT2D eigenvalue weighted by atomic mass is 16.1. The zero-order valence-electron chi connectivity index (χ0n) is 11.4. The third-order valence-electron chi connectivity index (χ3n) is 4.46. The Kier molecular flexibility index (Phi) is 3.83. The zero-order valence-corrected chi connectivity index (χ0v) is 11.4. The summed E-state index contributed by atoms with van der Waals surface area (Å²) in [5, 5.41) is 0. The van der Waals surface area contributed by atoms with Gasteiger partial charge in [-0.05, 0) is 56.6 Å². The second-order valence-corrected chi connectivity index (χ2v) is 5.69. The van der Waals surface area contributed by atoms with Crippen molar-refractivity contribution in [2.24, 2.45) is 0 Å². The third kappa shape index (κ3) is 2.81. The number of hydrogen-bond acceptors (Lipinski definition) is 3. The van der Waals surface area contributed by atoms with Gasteiger partial charge in [-0.25, -0.2) is 0 Å². The molecule has 3 heteroatoms. The van der Waals surface area contributed by atoms with Crippen molar-refractivity contribution in [1.29, 1.82) is 0 Å². The number of rotatable bonds is 3. The van der Waals surface area contributed by atoms with Crippen LogP contribution in [0.3, 0.4) is 0 Å². The van der Waals surface area contributed by atoms with Crippen molar-refractivity contribution in [3.8, 4) is 0 Å². The van der Waals surface area contributed by atoms with Crippen molar-refractivity contribution < 1.29 is 4.79 Å². The summed E-state index contributed by atoms with van der Waals surface area (Å²) in [6.07, 6.45) is 6.31. The molecule has 1 unspecified atom stereocenters. The molecule has 0 saturated carbocycles. The molecule has 1 atom stereocenters. The molecule has 2 aliphatic heterocycles. The average Bonchev–Trinajstić information content (AvgIpc) is 2.98. The first-order valence-corrected chi connectivity index (χ1v) is 7.41. The first-order chi connectivity index (χ1) is 9.36. The highest BCUT2D eigenvalue weighted by molar-refractivity contribution is 5.75. The van der Waals surface area contributed by atoms with E-state index < -0.39 is 0 Å². The lowest BCUT2D eigenvalue weighted by Gasteiger charge is -2.32. The number of carbonyl (C=O) groups is 1. The summed E-state index contributed by atoms with van der Waals surface area (Å²) >= 11 is 0. The summed E-state index contributed by atoms with van der Waals surface area (Å²) in [4.78, 5) is 15.8. The Bertz CT molecular complexity index is 423. The molecule has 0 radical (unpaired) electrons. The summed E-state index contributed by atoms with van der Waals surface area (Å²) in [5.41, 5.74) is 2.01. The van der Waals surface area contributed by atoms with E-state index >= 15 is 0 Å². The van der Waals surface area contributed by atoms with Crippen LogP contribution in [0.15, 0.2) is 24.3 Å². The summed E-state index contributed by atoms with van der Waals surface area (Å²) < 4.78 is 0. The van der Waals surface area contributed by atoms with Crippen LogP contribution >= 0.6 is 0 Å². The Morgan fingerprint density at radius 1 is 1.00 bits per heavy atom. The molecule has 0 spiro atoms. The molecule has 0 amide bonds. The zero-order chi connectivity index (χ0) is 13.1. The van der Waals surface area contributed by atoms with Gasteiger partial charge in [0.15, 0.2) is 0 Å². The molecule has 3 nitrogen and oxygen atoms in total. The predicted molar refractivity (Wildman–Crippen MR) is 77.9 cm³/mol. The van der Waals surface area contributed by atoms with Crippen LogP contribution in [0.5, 0.6) is 0 Å². The summed E-state index contributed by atoms with van der Waals surface area (Å²) in [6.45, 7) is 4.84. The van der Waals surface area contributed by atoms with Crippen LogP contribution < -0.4 is 4.90 Å². The van der Waals surface area contributed by atoms with Gasteiger partial charge in [0.2, 0.25) is 0 Å². The number of piperidine rings is 1. The molecule has 2 heterocycles. The lowest BCUT2D eigenvalue weighted by Crippen LogP contribution is -2.40. The van der Waals surface area contributed by atoms with Crippen LogP contribution in [0.4, 0.5) is 5.69 Å². The SMILES string of the molecule is O=Cc1ccc(N2CCC(N3CCCCC3)C2)cc1. The Morgan fingerprint density at radius 3 is 2.42 bits per heavy atom. The number of anilines is 1. The van der Waals surface area contributed by atoms with Crippen LogP contribution in [0.1, 0.15) is 36.0 Å². The van der Waals surface area contributed by atoms with E-state index in [0.717, 1.165) is 31.0 Å². The monoisotopic (exact) mass is 258 g/mol. The highest BCUT2D eigenvalue weighted by Crippen LogP contribution is 2.25. The maximum Gasteiger partial charge on any atom is 0.150 e. The van der Waals surface area contributed by atoms with Gasteiger partial charge >= 0.3 is 0 Å². The number of hydrogen-bond donors (Lipinski definition) is 0. The molecule has 2 saturated heterocycles. The minimum Gasteiger partial charge on any atom is -0.370 e. The van der Waals surface area contributed by atoms with E-state index in [0.29, 0.717) is 0 Å². The lowest BCUT2D eigenvalue weighted by molar-refractivity contribution is 0.112. The van der Waals surface area contributed by atoms with Crippen LogP contribution in [-0.2, 0) is 0 Å². The standard InChI is InChI=1S/C16H22N2O/c19-13-14-4-6-15(7-5-14)18-11-8-16(12-18)17-9-2-1-3-10-17/h4-7,13,16H,1-3,8-12H2. The molecule has 3 rings (SSSR count). The smallest absolute Gasteiger partial charge is 0.150 e. The maximum atomic E-state index is 10.7. The van der Waals surface area contributed by atoms with Gasteiger partial charge in [-0.2, -0.15) is 0 Å². The minimum absolute atomic E-state index is 0.728. The van der Waals surface area contributed by atoms with E-state index in [1.54, 1.807) is 0 Å². The molecule has 0 bridgehead atoms. The fourth-order valence-electron chi connectivity index (χ4n) is 3.32. The molecular weight excluding hydrogens is 236 g/mol. The largest absolute Gasteiger partial charge is 0.370 e. The van der Waals surface area contributed by atoms with Crippen LogP contribution in [0.25, 0.3) is 0 Å². The van der Waals surface area contributed by atoms with Gasteiger partial charge in [0.25, 0.3) is 0 Å². The lowest BCUT2D eigenvalue weighted by atomic mass is 10.1. The number of benzene rings is 1. The maximum absolute atomic E-state index is 10.7. The fourth-order valence-corrected chi connectivity index (χ4v) is 3.32. The second-order valence-electron chi connectivity index (χ2n) is 5.69. The summed E-state index contributed by atoms with van der Waals surface area (Å²) in [6, 6.07) is 8.70. The topological polar surface area (TPSA) is 23.6 Å². The molecular formula is C16H22N2O. The highest BCUT2D eigenvalue weighted by Gasteiger charge is 2.28. The first kappa shape index (κ1) is 12.7. The van der Waals surface area contributed by atoms with Gasteiger partial charge in [-0.15, -0.1) is 0 Å². The number of aldehydes is 1. The average molecular weight is 258 g/mol. The van der Waals surface area contributed by atoms with Crippen LogP contribution in [0, 0.1) is 0 Å². The van der Waals surface area contributed by atoms with E-state index in [4.69, 9.17) is 0 Å². The fraction of sp³-hybridized carbons (Fsp3) is 0.562. The Hall–Kier alpha value is -1.35. The van der Waals surface area contributed by atoms with E-state index in [1.165, 1.54) is 44.5 Å². The number of nitrogens with zero attached hydrogens (tertiary/aromatic N) is 2. The van der Waals surface area contributed by atoms with Crippen LogP contribution in [0.2, 0.25) is 0 Å². The molecule has 1 aromatic carbocycles. The van der Waals surface area contributed by atoms with E-state index in [9.17, 15) is 4.79 Å². The van der Waals surface area contributed by atoms with Gasteiger partial charge in [0.1, 0.15) is 6.29 Å². The van der Waals surface area contributed by atoms with Crippen molar-refractivity contribution >= 4 is 12.0 Å². The summed E-state index contributed by atoms with van der Waals surface area (Å²) in [7, 11) is 0. The van der Waals surface area contributed by atoms with Crippen molar-refractivity contribution in [2.45, 2.75) is 31.7 Å². The Morgan fingerprint density at radius 2 is 1.74 bits per heavy atom. The molecule has 0 aliphatic carbocycles. The predicted octanol–water partition coefficient (Wildman–Crippen LogP) is 2.56. The molecule has 2 fully saturated rings. The third-order valence-corrected chi connectivity index (χ3v) is 4.46. The van der Waals surface area contributed by atoms with E-state index in [1.807, 2.05) is 12.1 Å². The Labute approximate surface area is 115 Å². The molecule has 102 valence electrons. The Balaban J connectivity index is 1.62. The van der Waals surface area contributed by atoms with Gasteiger partial charge in [-0.3, -0.25) is 9.69 Å². The molecule has 2 aliphatic rings. The molecule has 19 heavy (non-hydrogen) atoms. The quantitative estimate of drug-likeness (QED) is 0.779. The molecule has 0 N–H and O–H groups in total. The van der Waals surface area contributed by atoms with Gasteiger partial charge < -0.3 is 4.90 Å². The first-order valence-electron chi connectivity index (χ1n) is 7.41. The van der Waals surface area contributed by atoms with Crippen LogP contribution in [-0.4, -0.2) is 43.4 Å². The van der Waals surface area contributed by atoms with Crippen molar-refractivity contribution in [1.82, 2.24) is 4.90 Å². The van der Waals surface area contributed by atoms with Gasteiger partial charge in [-0.1, -0.05) is 6.42 Å². The van der Waals surface area contributed by atoms with E-state index in [2.05, 4.69) is 21.9 Å². The van der Waals surface area contributed by atoms with Crippen molar-refractivity contribution in [3.05, 3.63) is 29.8 Å². The van der Waals surface area contributed by atoms with Crippen molar-refractivity contribution in [2.75, 3.05) is 31.1 Å². The van der Waals surface area contributed by atoms with Gasteiger partial charge in [0, 0.05) is 30.4 Å². The number of carbonyl (C=O) groups excluding carboxylic acids is 1. The van der Waals surface area contributed by atoms with Crippen molar-refractivity contribution in [3.63, 3.8) is 0 Å². The second kappa shape index (κ2) is 5.74. The molecule has 0 aromatic heterocycles. The summed E-state index contributed by atoms with van der Waals surface area (Å²) in [5.74, 6) is 0. The molecule has 1 aromatic rings. The normalized spacial score (nSPS) is 24.6.